The second-order valence-electron chi connectivity index (χ2n) is 6.34. The van der Waals surface area contributed by atoms with Gasteiger partial charge in [0.25, 0.3) is 0 Å². The number of ether oxygens (including phenoxy) is 3. The minimum atomic E-state index is -0.545. The number of ketones is 1. The standard InChI is InChI=1S/C20H23NO5/c1-11-16(20(23)26-4)17(18-13(21-11)8-6-9-14(18)22)12-7-5-10-15(24-2)19(12)25-3/h5,7,10,17,21H,6,8-9H2,1-4H3/t17-/m0/s1. The van der Waals surface area contributed by atoms with E-state index in [4.69, 9.17) is 14.2 Å². The fourth-order valence-corrected chi connectivity index (χ4v) is 3.81. The molecule has 2 aliphatic rings. The summed E-state index contributed by atoms with van der Waals surface area (Å²) in [6, 6.07) is 5.48. The number of dihydropyridines is 1. The van der Waals surface area contributed by atoms with Crippen LogP contribution < -0.4 is 14.8 Å². The molecule has 1 aliphatic heterocycles. The van der Waals surface area contributed by atoms with Crippen molar-refractivity contribution in [1.29, 1.82) is 0 Å². The summed E-state index contributed by atoms with van der Waals surface area (Å²) in [5.41, 5.74) is 3.33. The van der Waals surface area contributed by atoms with Crippen LogP contribution in [0.15, 0.2) is 40.7 Å². The molecular formula is C20H23NO5. The molecule has 1 aromatic carbocycles. The van der Waals surface area contributed by atoms with Gasteiger partial charge in [-0.05, 0) is 25.8 Å². The molecule has 1 aliphatic carbocycles. The van der Waals surface area contributed by atoms with Crippen molar-refractivity contribution in [2.45, 2.75) is 32.1 Å². The van der Waals surface area contributed by atoms with Crippen molar-refractivity contribution in [2.24, 2.45) is 0 Å². The number of carbonyl (C=O) groups is 2. The van der Waals surface area contributed by atoms with Gasteiger partial charge in [-0.1, -0.05) is 12.1 Å². The molecule has 0 unspecified atom stereocenters. The highest BCUT2D eigenvalue weighted by Crippen LogP contribution is 2.47. The molecule has 0 bridgehead atoms. The lowest BCUT2D eigenvalue weighted by atomic mass is 9.75. The van der Waals surface area contributed by atoms with Crippen molar-refractivity contribution in [3.05, 3.63) is 46.3 Å². The molecule has 0 spiro atoms. The van der Waals surface area contributed by atoms with Crippen LogP contribution in [0.25, 0.3) is 0 Å². The van der Waals surface area contributed by atoms with Gasteiger partial charge in [-0.25, -0.2) is 4.79 Å². The summed E-state index contributed by atoms with van der Waals surface area (Å²) in [4.78, 5) is 25.4. The van der Waals surface area contributed by atoms with Crippen LogP contribution >= 0.6 is 0 Å². The number of carbonyl (C=O) groups excluding carboxylic acids is 2. The molecule has 0 saturated carbocycles. The molecule has 3 rings (SSSR count). The van der Waals surface area contributed by atoms with E-state index in [1.54, 1.807) is 20.3 Å². The van der Waals surface area contributed by atoms with Gasteiger partial charge < -0.3 is 19.5 Å². The second-order valence-corrected chi connectivity index (χ2v) is 6.34. The molecule has 6 nitrogen and oxygen atoms in total. The van der Waals surface area contributed by atoms with Crippen LogP contribution in [-0.4, -0.2) is 33.1 Å². The van der Waals surface area contributed by atoms with E-state index < -0.39 is 11.9 Å². The molecule has 26 heavy (non-hydrogen) atoms. The van der Waals surface area contributed by atoms with Gasteiger partial charge in [0.2, 0.25) is 0 Å². The van der Waals surface area contributed by atoms with E-state index in [0.29, 0.717) is 34.8 Å². The van der Waals surface area contributed by atoms with Crippen LogP contribution in [0.3, 0.4) is 0 Å². The van der Waals surface area contributed by atoms with E-state index in [0.717, 1.165) is 24.1 Å². The van der Waals surface area contributed by atoms with Crippen molar-refractivity contribution in [2.75, 3.05) is 21.3 Å². The molecule has 0 fully saturated rings. The van der Waals surface area contributed by atoms with Gasteiger partial charge in [0.05, 0.1) is 32.8 Å². The smallest absolute Gasteiger partial charge is 0.336 e. The number of esters is 1. The number of rotatable bonds is 4. The zero-order chi connectivity index (χ0) is 18.8. The van der Waals surface area contributed by atoms with Gasteiger partial charge >= 0.3 is 5.97 Å². The third kappa shape index (κ3) is 2.85. The number of para-hydroxylation sites is 1. The van der Waals surface area contributed by atoms with Gasteiger partial charge in [0.15, 0.2) is 17.3 Å². The molecule has 1 N–H and O–H groups in total. The van der Waals surface area contributed by atoms with E-state index in [1.165, 1.54) is 7.11 Å². The molecule has 1 heterocycles. The summed E-state index contributed by atoms with van der Waals surface area (Å²) in [6.45, 7) is 1.83. The molecule has 0 saturated heterocycles. The number of benzene rings is 1. The topological polar surface area (TPSA) is 73.9 Å². The third-order valence-electron chi connectivity index (χ3n) is 4.93. The lowest BCUT2D eigenvalue weighted by molar-refractivity contribution is -0.136. The Bertz CT molecular complexity index is 821. The van der Waals surface area contributed by atoms with Gasteiger partial charge in [0, 0.05) is 29.0 Å². The number of allylic oxidation sites excluding steroid dienone is 3. The minimum absolute atomic E-state index is 0.0440. The number of Topliss-reactive ketones (excluding diaryl/α,β-unsaturated/α-hetero) is 1. The maximum atomic E-state index is 12.8. The zero-order valence-corrected chi connectivity index (χ0v) is 15.5. The number of nitrogens with one attached hydrogen (secondary N) is 1. The predicted molar refractivity (Wildman–Crippen MR) is 96.0 cm³/mol. The highest BCUT2D eigenvalue weighted by Gasteiger charge is 2.40. The second kappa shape index (κ2) is 7.23. The zero-order valence-electron chi connectivity index (χ0n) is 15.5. The van der Waals surface area contributed by atoms with Crippen LogP contribution in [0.4, 0.5) is 0 Å². The number of hydrogen-bond donors (Lipinski definition) is 1. The average Bonchev–Trinajstić information content (AvgIpc) is 2.65. The van der Waals surface area contributed by atoms with E-state index in [1.807, 2.05) is 19.1 Å². The van der Waals surface area contributed by atoms with Crippen molar-refractivity contribution >= 4 is 11.8 Å². The quantitative estimate of drug-likeness (QED) is 0.836. The molecule has 1 aromatic rings. The van der Waals surface area contributed by atoms with Crippen molar-refractivity contribution in [3.8, 4) is 11.5 Å². The van der Waals surface area contributed by atoms with Gasteiger partial charge in [-0.15, -0.1) is 0 Å². The summed E-state index contributed by atoms with van der Waals surface area (Å²) in [6.07, 6.45) is 2.04. The van der Waals surface area contributed by atoms with E-state index in [2.05, 4.69) is 5.32 Å². The lowest BCUT2D eigenvalue weighted by Crippen LogP contribution is -2.34. The molecule has 0 aromatic heterocycles. The van der Waals surface area contributed by atoms with Gasteiger partial charge in [-0.3, -0.25) is 4.79 Å². The monoisotopic (exact) mass is 357 g/mol. The third-order valence-corrected chi connectivity index (χ3v) is 4.93. The summed E-state index contributed by atoms with van der Waals surface area (Å²) in [5, 5.41) is 3.25. The lowest BCUT2D eigenvalue weighted by Gasteiger charge is -2.34. The first kappa shape index (κ1) is 18.0. The fourth-order valence-electron chi connectivity index (χ4n) is 3.81. The Hall–Kier alpha value is -2.76. The van der Waals surface area contributed by atoms with Crippen LogP contribution in [-0.2, 0) is 14.3 Å². The highest BCUT2D eigenvalue weighted by atomic mass is 16.5. The molecule has 138 valence electrons. The van der Waals surface area contributed by atoms with E-state index >= 15 is 0 Å². The van der Waals surface area contributed by atoms with Gasteiger partial charge in [-0.2, -0.15) is 0 Å². The first-order valence-electron chi connectivity index (χ1n) is 8.56. The Morgan fingerprint density at radius 1 is 1.15 bits per heavy atom. The predicted octanol–water partition coefficient (Wildman–Crippen LogP) is 2.84. The Kier molecular flexibility index (Phi) is 5.02. The molecule has 0 amide bonds. The Morgan fingerprint density at radius 2 is 1.92 bits per heavy atom. The maximum Gasteiger partial charge on any atom is 0.336 e. The Morgan fingerprint density at radius 3 is 2.58 bits per heavy atom. The van der Waals surface area contributed by atoms with E-state index in [-0.39, 0.29) is 5.78 Å². The summed E-state index contributed by atoms with van der Waals surface area (Å²) in [7, 11) is 4.45. The van der Waals surface area contributed by atoms with Crippen molar-refractivity contribution < 1.29 is 23.8 Å². The fraction of sp³-hybridized carbons (Fsp3) is 0.400. The normalized spacial score (nSPS) is 19.7. The van der Waals surface area contributed by atoms with E-state index in [9.17, 15) is 9.59 Å². The molecule has 0 radical (unpaired) electrons. The van der Waals surface area contributed by atoms with Crippen LogP contribution in [0.1, 0.15) is 37.7 Å². The van der Waals surface area contributed by atoms with Crippen molar-refractivity contribution in [1.82, 2.24) is 5.32 Å². The number of hydrogen-bond acceptors (Lipinski definition) is 6. The first-order chi connectivity index (χ1) is 12.5. The number of methoxy groups -OCH3 is 3. The molecule has 6 heteroatoms. The molecule has 1 atom stereocenters. The molecular weight excluding hydrogens is 334 g/mol. The van der Waals surface area contributed by atoms with Crippen molar-refractivity contribution in [3.63, 3.8) is 0 Å². The van der Waals surface area contributed by atoms with Crippen LogP contribution in [0, 0.1) is 0 Å². The summed E-state index contributed by atoms with van der Waals surface area (Å²) in [5.74, 6) is 0.103. The summed E-state index contributed by atoms with van der Waals surface area (Å²) < 4.78 is 16.0. The summed E-state index contributed by atoms with van der Waals surface area (Å²) >= 11 is 0. The first-order valence-corrected chi connectivity index (χ1v) is 8.56. The Labute approximate surface area is 152 Å². The van der Waals surface area contributed by atoms with Crippen LogP contribution in [0.2, 0.25) is 0 Å². The minimum Gasteiger partial charge on any atom is -0.493 e. The SMILES string of the molecule is COC(=O)C1=C(C)NC2=C(C(=O)CCC2)[C@H]1c1cccc(OC)c1OC. The highest BCUT2D eigenvalue weighted by molar-refractivity contribution is 6.04. The maximum absolute atomic E-state index is 12.8. The largest absolute Gasteiger partial charge is 0.493 e. The van der Waals surface area contributed by atoms with Gasteiger partial charge in [0.1, 0.15) is 0 Å². The Balaban J connectivity index is 2.28. The van der Waals surface area contributed by atoms with Crippen LogP contribution in [0.5, 0.6) is 11.5 Å². The average molecular weight is 357 g/mol.